The van der Waals surface area contributed by atoms with Gasteiger partial charge in [-0.15, -0.1) is 23.5 Å². The topological polar surface area (TPSA) is 81.9 Å². The Labute approximate surface area is 181 Å². The van der Waals surface area contributed by atoms with Crippen molar-refractivity contribution in [1.29, 1.82) is 0 Å². The summed E-state index contributed by atoms with van der Waals surface area (Å²) >= 11 is 3.67. The van der Waals surface area contributed by atoms with E-state index >= 15 is 0 Å². The van der Waals surface area contributed by atoms with Crippen molar-refractivity contribution in [3.63, 3.8) is 0 Å². The van der Waals surface area contributed by atoms with Crippen LogP contribution in [-0.2, 0) is 0 Å². The van der Waals surface area contributed by atoms with Crippen molar-refractivity contribution in [3.8, 4) is 11.5 Å². The highest BCUT2D eigenvalue weighted by atomic mass is 32.2. The maximum atomic E-state index is 13.4. The Morgan fingerprint density at radius 3 is 2.52 bits per heavy atom. The highest BCUT2D eigenvalue weighted by Gasteiger charge is 2.38. The fourth-order valence-electron chi connectivity index (χ4n) is 3.44. The van der Waals surface area contributed by atoms with Gasteiger partial charge in [0.2, 0.25) is 0 Å². The molecule has 1 atom stereocenters. The van der Waals surface area contributed by atoms with Gasteiger partial charge in [-0.25, -0.2) is 0 Å². The molecule has 0 radical (unpaired) electrons. The third kappa shape index (κ3) is 5.72. The lowest BCUT2D eigenvalue weighted by Gasteiger charge is -2.31. The number of carbonyl (C=O) groups is 1. The van der Waals surface area contributed by atoms with E-state index in [0.717, 1.165) is 30.8 Å². The number of amides is 1. The number of benzene rings is 1. The van der Waals surface area contributed by atoms with Gasteiger partial charge in [0.15, 0.2) is 11.5 Å². The lowest BCUT2D eigenvalue weighted by molar-refractivity contribution is -0.385. The van der Waals surface area contributed by atoms with Gasteiger partial charge in [-0.1, -0.05) is 20.8 Å². The molecule has 1 aromatic rings. The van der Waals surface area contributed by atoms with Gasteiger partial charge in [-0.3, -0.25) is 14.9 Å². The Hall–Kier alpha value is -1.61. The van der Waals surface area contributed by atoms with Crippen molar-refractivity contribution in [2.45, 2.75) is 50.7 Å². The average molecular weight is 443 g/mol. The van der Waals surface area contributed by atoms with E-state index in [1.165, 1.54) is 19.2 Å². The molecule has 1 saturated heterocycles. The number of carbonyl (C=O) groups excluding carboxylic acids is 1. The van der Waals surface area contributed by atoms with Gasteiger partial charge in [0, 0.05) is 12.6 Å². The van der Waals surface area contributed by atoms with Crippen LogP contribution in [-0.4, -0.2) is 58.1 Å². The summed E-state index contributed by atoms with van der Waals surface area (Å²) < 4.78 is 11.2. The normalized spacial score (nSPS) is 16.3. The molecule has 1 aliphatic rings. The quantitative estimate of drug-likeness (QED) is 0.276. The predicted molar refractivity (Wildman–Crippen MR) is 120 cm³/mol. The van der Waals surface area contributed by atoms with Crippen molar-refractivity contribution in [2.24, 2.45) is 0 Å². The zero-order chi connectivity index (χ0) is 21.4. The molecule has 0 spiro atoms. The number of ether oxygens (including phenoxy) is 2. The van der Waals surface area contributed by atoms with Crippen LogP contribution in [0.1, 0.15) is 50.4 Å². The number of methoxy groups -OCH3 is 1. The van der Waals surface area contributed by atoms with Crippen LogP contribution in [0.2, 0.25) is 0 Å². The van der Waals surface area contributed by atoms with Crippen LogP contribution in [0.4, 0.5) is 5.69 Å². The molecule has 1 heterocycles. The molecule has 0 aliphatic carbocycles. The molecule has 0 aromatic heterocycles. The van der Waals surface area contributed by atoms with Crippen molar-refractivity contribution >= 4 is 35.1 Å². The molecule has 2 rings (SSSR count). The second kappa shape index (κ2) is 11.5. The van der Waals surface area contributed by atoms with Crippen molar-refractivity contribution in [2.75, 3.05) is 31.8 Å². The van der Waals surface area contributed by atoms with Crippen LogP contribution in [0.5, 0.6) is 11.5 Å². The SMILES string of the molecule is CCCOc1cc([N+](=O)[O-])c(C(=O)N2CCC[C@H]2C(SCC)SCC)cc1OC. The van der Waals surface area contributed by atoms with E-state index in [2.05, 4.69) is 13.8 Å². The summed E-state index contributed by atoms with van der Waals surface area (Å²) in [6.07, 6.45) is 2.59. The monoisotopic (exact) mass is 442 g/mol. The molecule has 0 saturated carbocycles. The van der Waals surface area contributed by atoms with Gasteiger partial charge >= 0.3 is 0 Å². The van der Waals surface area contributed by atoms with Gasteiger partial charge in [-0.05, 0) is 30.8 Å². The number of nitro benzene ring substituents is 1. The highest BCUT2D eigenvalue weighted by molar-refractivity contribution is 8.17. The number of thioether (sulfide) groups is 2. The number of hydrogen-bond donors (Lipinski definition) is 0. The number of rotatable bonds is 11. The van der Waals surface area contributed by atoms with E-state index in [1.807, 2.05) is 35.3 Å². The summed E-state index contributed by atoms with van der Waals surface area (Å²) in [5.41, 5.74) is -0.181. The predicted octanol–water partition coefficient (Wildman–Crippen LogP) is 4.83. The summed E-state index contributed by atoms with van der Waals surface area (Å²) in [6.45, 7) is 7.20. The summed E-state index contributed by atoms with van der Waals surface area (Å²) in [5, 5.41) is 11.7. The van der Waals surface area contributed by atoms with Crippen molar-refractivity contribution in [3.05, 3.63) is 27.8 Å². The van der Waals surface area contributed by atoms with Gasteiger partial charge in [0.25, 0.3) is 11.6 Å². The standard InChI is InChI=1S/C20H30N2O5S2/c1-5-11-27-18-13-16(22(24)25)14(12-17(18)26-4)19(23)21-10-8-9-15(21)20(28-6-2)29-7-3/h12-13,15,20H,5-11H2,1-4H3/t15-/m0/s1. The molecule has 0 unspecified atom stereocenters. The van der Waals surface area contributed by atoms with E-state index in [1.54, 1.807) is 0 Å². The molecular weight excluding hydrogens is 412 g/mol. The number of likely N-dealkylation sites (tertiary alicyclic amines) is 1. The van der Waals surface area contributed by atoms with Crippen LogP contribution < -0.4 is 9.47 Å². The minimum atomic E-state index is -0.518. The Kier molecular flexibility index (Phi) is 9.42. The van der Waals surface area contributed by atoms with Crippen LogP contribution in [0.25, 0.3) is 0 Å². The third-order valence-electron chi connectivity index (χ3n) is 4.71. The largest absolute Gasteiger partial charge is 0.493 e. The first-order valence-electron chi connectivity index (χ1n) is 10.0. The fraction of sp³-hybridized carbons (Fsp3) is 0.650. The first-order valence-corrected chi connectivity index (χ1v) is 12.1. The summed E-state index contributed by atoms with van der Waals surface area (Å²) in [5.74, 6) is 2.25. The van der Waals surface area contributed by atoms with Crippen LogP contribution in [0.15, 0.2) is 12.1 Å². The smallest absolute Gasteiger partial charge is 0.286 e. The van der Waals surface area contributed by atoms with Gasteiger partial charge < -0.3 is 14.4 Å². The minimum Gasteiger partial charge on any atom is -0.493 e. The summed E-state index contributed by atoms with van der Waals surface area (Å²) in [4.78, 5) is 26.4. The molecule has 0 bridgehead atoms. The molecule has 1 aliphatic heterocycles. The maximum Gasteiger partial charge on any atom is 0.286 e. The van der Waals surface area contributed by atoms with E-state index < -0.39 is 4.92 Å². The molecule has 162 valence electrons. The van der Waals surface area contributed by atoms with Gasteiger partial charge in [0.1, 0.15) is 5.56 Å². The molecule has 1 aromatic carbocycles. The van der Waals surface area contributed by atoms with E-state index in [0.29, 0.717) is 18.9 Å². The Balaban J connectivity index is 2.40. The van der Waals surface area contributed by atoms with E-state index in [9.17, 15) is 14.9 Å². The Morgan fingerprint density at radius 2 is 1.97 bits per heavy atom. The maximum absolute atomic E-state index is 13.4. The first kappa shape index (κ1) is 23.7. The summed E-state index contributed by atoms with van der Waals surface area (Å²) in [6, 6.07) is 2.83. The van der Waals surface area contributed by atoms with E-state index in [4.69, 9.17) is 9.47 Å². The Bertz CT molecular complexity index is 710. The summed E-state index contributed by atoms with van der Waals surface area (Å²) in [7, 11) is 1.47. The van der Waals surface area contributed by atoms with Crippen molar-refractivity contribution < 1.29 is 19.2 Å². The lowest BCUT2D eigenvalue weighted by atomic mass is 10.1. The first-order chi connectivity index (χ1) is 14.0. The molecule has 9 heteroatoms. The molecule has 1 fully saturated rings. The second-order valence-electron chi connectivity index (χ2n) is 6.61. The van der Waals surface area contributed by atoms with E-state index in [-0.39, 0.29) is 33.5 Å². The minimum absolute atomic E-state index is 0.0596. The van der Waals surface area contributed by atoms with Crippen LogP contribution >= 0.6 is 23.5 Å². The number of nitro groups is 1. The molecule has 7 nitrogen and oxygen atoms in total. The second-order valence-corrected chi connectivity index (χ2v) is 9.75. The van der Waals surface area contributed by atoms with Gasteiger partial charge in [-0.2, -0.15) is 0 Å². The van der Waals surface area contributed by atoms with Crippen molar-refractivity contribution in [1.82, 2.24) is 4.90 Å². The molecule has 1 amide bonds. The van der Waals surface area contributed by atoms with Gasteiger partial charge in [0.05, 0.1) is 35.3 Å². The van der Waals surface area contributed by atoms with Crippen LogP contribution in [0.3, 0.4) is 0 Å². The zero-order valence-electron chi connectivity index (χ0n) is 17.5. The average Bonchev–Trinajstić information content (AvgIpc) is 3.20. The van der Waals surface area contributed by atoms with Crippen LogP contribution in [0, 0.1) is 10.1 Å². The zero-order valence-corrected chi connectivity index (χ0v) is 19.1. The number of nitrogens with zero attached hydrogens (tertiary/aromatic N) is 2. The fourth-order valence-corrected chi connectivity index (χ4v) is 6.31. The highest BCUT2D eigenvalue weighted by Crippen LogP contribution is 2.39. The Morgan fingerprint density at radius 1 is 1.28 bits per heavy atom. The molecular formula is C20H30N2O5S2. The lowest BCUT2D eigenvalue weighted by Crippen LogP contribution is -2.41. The number of hydrogen-bond acceptors (Lipinski definition) is 7. The molecule has 0 N–H and O–H groups in total. The third-order valence-corrected chi connectivity index (χ3v) is 7.48. The molecule has 29 heavy (non-hydrogen) atoms.